The van der Waals surface area contributed by atoms with Gasteiger partial charge in [-0.05, 0) is 45.3 Å². The average molecular weight is 234 g/mol. The first-order valence-corrected chi connectivity index (χ1v) is 7.25. The molecular formula is C15H26N2. The molecule has 1 aliphatic carbocycles. The minimum atomic E-state index is 0.374. The molecular weight excluding hydrogens is 208 g/mol. The summed E-state index contributed by atoms with van der Waals surface area (Å²) in [6.45, 7) is 5.79. The Labute approximate surface area is 106 Å². The molecule has 1 saturated carbocycles. The van der Waals surface area contributed by atoms with Crippen LogP contribution in [-0.2, 0) is 0 Å². The lowest BCUT2D eigenvalue weighted by molar-refractivity contribution is 0.0791. The highest BCUT2D eigenvalue weighted by molar-refractivity contribution is 5.08. The maximum atomic E-state index is 5.58. The van der Waals surface area contributed by atoms with Gasteiger partial charge < -0.3 is 5.32 Å². The van der Waals surface area contributed by atoms with E-state index in [4.69, 9.17) is 6.42 Å². The number of rotatable bonds is 5. The van der Waals surface area contributed by atoms with E-state index in [-0.39, 0.29) is 0 Å². The lowest BCUT2D eigenvalue weighted by Gasteiger charge is -2.45. The summed E-state index contributed by atoms with van der Waals surface area (Å²) in [5.41, 5.74) is 0.374. The molecule has 2 fully saturated rings. The van der Waals surface area contributed by atoms with E-state index in [1.54, 1.807) is 0 Å². The molecule has 1 N–H and O–H groups in total. The van der Waals surface area contributed by atoms with Gasteiger partial charge in [0.15, 0.2) is 0 Å². The van der Waals surface area contributed by atoms with Crippen LogP contribution in [0.1, 0.15) is 51.9 Å². The van der Waals surface area contributed by atoms with Gasteiger partial charge in [0.1, 0.15) is 0 Å². The molecule has 1 atom stereocenters. The fourth-order valence-corrected chi connectivity index (χ4v) is 3.85. The number of likely N-dealkylation sites (N-methyl/N-ethyl adjacent to an activating group) is 1. The van der Waals surface area contributed by atoms with Crippen LogP contribution in [-0.4, -0.2) is 36.1 Å². The SMILES string of the molecule is C#CCC(NCC)C1(N2CCCC2)CCCC1. The van der Waals surface area contributed by atoms with Crippen LogP contribution in [0.25, 0.3) is 0 Å². The molecule has 96 valence electrons. The predicted molar refractivity (Wildman–Crippen MR) is 72.9 cm³/mol. The molecule has 1 aliphatic heterocycles. The van der Waals surface area contributed by atoms with Gasteiger partial charge in [-0.15, -0.1) is 12.3 Å². The Hall–Kier alpha value is -0.520. The second-order valence-electron chi connectivity index (χ2n) is 5.52. The van der Waals surface area contributed by atoms with Crippen molar-refractivity contribution in [2.45, 2.75) is 63.5 Å². The maximum Gasteiger partial charge on any atom is 0.0371 e. The first kappa shape index (κ1) is 12.9. The van der Waals surface area contributed by atoms with Crippen molar-refractivity contribution in [3.05, 3.63) is 0 Å². The lowest BCUT2D eigenvalue weighted by atomic mass is 9.84. The molecule has 0 aromatic heterocycles. The number of nitrogens with zero attached hydrogens (tertiary/aromatic N) is 1. The third-order valence-corrected chi connectivity index (χ3v) is 4.63. The summed E-state index contributed by atoms with van der Waals surface area (Å²) in [5.74, 6) is 2.89. The van der Waals surface area contributed by atoms with Crippen molar-refractivity contribution in [2.75, 3.05) is 19.6 Å². The summed E-state index contributed by atoms with van der Waals surface area (Å²) in [6.07, 6.45) is 14.6. The van der Waals surface area contributed by atoms with Crippen molar-refractivity contribution in [2.24, 2.45) is 0 Å². The monoisotopic (exact) mass is 234 g/mol. The number of hydrogen-bond donors (Lipinski definition) is 1. The van der Waals surface area contributed by atoms with Gasteiger partial charge in [-0.1, -0.05) is 19.8 Å². The maximum absolute atomic E-state index is 5.58. The van der Waals surface area contributed by atoms with Crippen LogP contribution >= 0.6 is 0 Å². The number of terminal acetylenes is 1. The van der Waals surface area contributed by atoms with Crippen LogP contribution in [0, 0.1) is 12.3 Å². The van der Waals surface area contributed by atoms with E-state index in [0.29, 0.717) is 11.6 Å². The fourth-order valence-electron chi connectivity index (χ4n) is 3.85. The molecule has 0 spiro atoms. The van der Waals surface area contributed by atoms with Crippen molar-refractivity contribution in [1.82, 2.24) is 10.2 Å². The first-order chi connectivity index (χ1) is 8.33. The molecule has 2 heteroatoms. The van der Waals surface area contributed by atoms with Gasteiger partial charge in [-0.3, -0.25) is 4.90 Å². The van der Waals surface area contributed by atoms with Crippen LogP contribution in [0.3, 0.4) is 0 Å². The molecule has 2 nitrogen and oxygen atoms in total. The summed E-state index contributed by atoms with van der Waals surface area (Å²) in [7, 11) is 0. The Bertz CT molecular complexity index is 267. The van der Waals surface area contributed by atoms with Gasteiger partial charge in [0, 0.05) is 18.0 Å². The molecule has 0 aromatic carbocycles. The van der Waals surface area contributed by atoms with Crippen molar-refractivity contribution in [3.8, 4) is 12.3 Å². The van der Waals surface area contributed by atoms with Gasteiger partial charge in [0.05, 0.1) is 0 Å². The zero-order valence-corrected chi connectivity index (χ0v) is 11.2. The molecule has 1 saturated heterocycles. The van der Waals surface area contributed by atoms with Gasteiger partial charge in [0.2, 0.25) is 0 Å². The Morgan fingerprint density at radius 2 is 1.88 bits per heavy atom. The molecule has 2 aliphatic rings. The molecule has 0 aromatic rings. The van der Waals surface area contributed by atoms with Gasteiger partial charge in [-0.2, -0.15) is 0 Å². The normalized spacial score (nSPS) is 25.9. The van der Waals surface area contributed by atoms with Crippen LogP contribution < -0.4 is 5.32 Å². The number of likely N-dealkylation sites (tertiary alicyclic amines) is 1. The highest BCUT2D eigenvalue weighted by Crippen LogP contribution is 2.40. The zero-order chi connectivity index (χ0) is 12.1. The highest BCUT2D eigenvalue weighted by atomic mass is 15.2. The van der Waals surface area contributed by atoms with E-state index in [0.717, 1.165) is 13.0 Å². The third-order valence-electron chi connectivity index (χ3n) is 4.63. The van der Waals surface area contributed by atoms with Gasteiger partial charge in [0.25, 0.3) is 0 Å². The summed E-state index contributed by atoms with van der Waals surface area (Å²) in [6, 6.07) is 0.498. The minimum Gasteiger partial charge on any atom is -0.312 e. The minimum absolute atomic E-state index is 0.374. The standard InChI is InChI=1S/C15H26N2/c1-3-9-14(16-4-2)15(10-5-6-11-15)17-12-7-8-13-17/h1,14,16H,4-13H2,2H3. The Morgan fingerprint density at radius 3 is 2.41 bits per heavy atom. The quantitative estimate of drug-likeness (QED) is 0.735. The lowest BCUT2D eigenvalue weighted by Crippen LogP contribution is -2.59. The van der Waals surface area contributed by atoms with E-state index in [1.807, 2.05) is 0 Å². The third kappa shape index (κ3) is 2.51. The van der Waals surface area contributed by atoms with E-state index >= 15 is 0 Å². The highest BCUT2D eigenvalue weighted by Gasteiger charge is 2.45. The summed E-state index contributed by atoms with van der Waals surface area (Å²) in [5, 5.41) is 3.66. The molecule has 2 rings (SSSR count). The Balaban J connectivity index is 2.15. The molecule has 1 heterocycles. The van der Waals surface area contributed by atoms with Crippen LogP contribution in [0.15, 0.2) is 0 Å². The summed E-state index contributed by atoms with van der Waals surface area (Å²) >= 11 is 0. The molecule has 0 bridgehead atoms. The average Bonchev–Trinajstić information content (AvgIpc) is 3.00. The van der Waals surface area contributed by atoms with Gasteiger partial charge >= 0.3 is 0 Å². The molecule has 0 amide bonds. The van der Waals surface area contributed by atoms with Crippen molar-refractivity contribution >= 4 is 0 Å². The Kier molecular flexibility index (Phi) is 4.48. The smallest absolute Gasteiger partial charge is 0.0371 e. The van der Waals surface area contributed by atoms with Crippen molar-refractivity contribution in [1.29, 1.82) is 0 Å². The van der Waals surface area contributed by atoms with Crippen molar-refractivity contribution < 1.29 is 0 Å². The van der Waals surface area contributed by atoms with Crippen LogP contribution in [0.5, 0.6) is 0 Å². The summed E-state index contributed by atoms with van der Waals surface area (Å²) in [4.78, 5) is 2.74. The van der Waals surface area contributed by atoms with E-state index in [9.17, 15) is 0 Å². The number of hydrogen-bond acceptors (Lipinski definition) is 2. The first-order valence-electron chi connectivity index (χ1n) is 7.25. The van der Waals surface area contributed by atoms with E-state index < -0.39 is 0 Å². The summed E-state index contributed by atoms with van der Waals surface area (Å²) < 4.78 is 0. The van der Waals surface area contributed by atoms with E-state index in [2.05, 4.69) is 23.1 Å². The number of nitrogens with one attached hydrogen (secondary N) is 1. The van der Waals surface area contributed by atoms with Gasteiger partial charge in [-0.25, -0.2) is 0 Å². The molecule has 1 unspecified atom stereocenters. The van der Waals surface area contributed by atoms with Crippen LogP contribution in [0.4, 0.5) is 0 Å². The van der Waals surface area contributed by atoms with E-state index in [1.165, 1.54) is 51.6 Å². The second-order valence-corrected chi connectivity index (χ2v) is 5.52. The fraction of sp³-hybridized carbons (Fsp3) is 0.867. The van der Waals surface area contributed by atoms with Crippen LogP contribution in [0.2, 0.25) is 0 Å². The predicted octanol–water partition coefficient (Wildman–Crippen LogP) is 2.40. The second kappa shape index (κ2) is 5.89. The Morgan fingerprint density at radius 1 is 1.24 bits per heavy atom. The largest absolute Gasteiger partial charge is 0.312 e. The zero-order valence-electron chi connectivity index (χ0n) is 11.2. The molecule has 17 heavy (non-hydrogen) atoms. The topological polar surface area (TPSA) is 15.3 Å². The molecule has 0 radical (unpaired) electrons. The van der Waals surface area contributed by atoms with Crippen molar-refractivity contribution in [3.63, 3.8) is 0 Å².